The first kappa shape index (κ1) is 42.3. The van der Waals surface area contributed by atoms with Crippen molar-refractivity contribution in [3.8, 4) is 0 Å². The van der Waals surface area contributed by atoms with E-state index in [-0.39, 0.29) is 61.4 Å². The van der Waals surface area contributed by atoms with E-state index in [1.165, 1.54) is 18.3 Å². The molecule has 1 aromatic rings. The lowest BCUT2D eigenvalue weighted by Gasteiger charge is -2.34. The molecule has 3 N–H and O–H groups in total. The third-order valence-corrected chi connectivity index (χ3v) is 6.96. The van der Waals surface area contributed by atoms with E-state index in [0.29, 0.717) is 52.4 Å². The molecule has 0 atom stereocenters. The minimum Gasteiger partial charge on any atom is -0.478 e. The molecule has 1 aliphatic heterocycles. The van der Waals surface area contributed by atoms with Crippen LogP contribution in [0.1, 0.15) is 72.7 Å². The van der Waals surface area contributed by atoms with Crippen molar-refractivity contribution in [1.82, 2.24) is 30.0 Å². The van der Waals surface area contributed by atoms with Gasteiger partial charge in [-0.25, -0.2) is 9.78 Å². The van der Waals surface area contributed by atoms with Gasteiger partial charge in [-0.2, -0.15) is 0 Å². The van der Waals surface area contributed by atoms with Crippen molar-refractivity contribution in [3.05, 3.63) is 23.9 Å². The summed E-state index contributed by atoms with van der Waals surface area (Å²) >= 11 is 0. The number of hydrogen-bond donors (Lipinski definition) is 3. The Morgan fingerprint density at radius 2 is 0.960 bits per heavy atom. The first-order valence-electron chi connectivity index (χ1n) is 16.9. The smallest absolute Gasteiger partial charge is 0.337 e. The van der Waals surface area contributed by atoms with Gasteiger partial charge in [-0.05, 0) is 74.4 Å². The third kappa shape index (κ3) is 18.8. The van der Waals surface area contributed by atoms with E-state index in [4.69, 9.17) is 19.3 Å². The zero-order valence-corrected chi connectivity index (χ0v) is 31.2. The second-order valence-electron chi connectivity index (χ2n) is 15.3. The summed E-state index contributed by atoms with van der Waals surface area (Å²) in [6.07, 6.45) is 1.18. The Hall–Kier alpha value is -3.86. The van der Waals surface area contributed by atoms with Gasteiger partial charge in [0, 0.05) is 58.6 Å². The standard InChI is InChI=1S/C34H57N7O9/c1-32(2,3)48-28(43)22-39-14-12-38(21-27(42)37-36-26-11-10-25(20-35-26)31(46)47)13-15-40(23-29(44)49-33(4,5)6)17-19-41(18-16-39)24-30(45)50-34(7,8)9/h10-11,20H,12-19,21-24H2,1-9H3,(H,35,36)(H,37,42)(H,46,47). The summed E-state index contributed by atoms with van der Waals surface area (Å²) < 4.78 is 16.8. The third-order valence-electron chi connectivity index (χ3n) is 6.96. The van der Waals surface area contributed by atoms with Gasteiger partial charge in [0.1, 0.15) is 22.6 Å². The van der Waals surface area contributed by atoms with E-state index >= 15 is 0 Å². The number of pyridine rings is 1. The van der Waals surface area contributed by atoms with Gasteiger partial charge < -0.3 is 19.3 Å². The van der Waals surface area contributed by atoms with Crippen LogP contribution in [-0.4, -0.2) is 155 Å². The van der Waals surface area contributed by atoms with Crippen molar-refractivity contribution in [2.45, 2.75) is 79.1 Å². The molecule has 16 nitrogen and oxygen atoms in total. The average molecular weight is 708 g/mol. The molecule has 16 heteroatoms. The topological polar surface area (TPSA) is 183 Å². The molecule has 1 aliphatic rings. The molecule has 0 spiro atoms. The van der Waals surface area contributed by atoms with Crippen molar-refractivity contribution < 1.29 is 43.3 Å². The number of nitrogens with one attached hydrogen (secondary N) is 2. The van der Waals surface area contributed by atoms with Crippen LogP contribution in [0.15, 0.2) is 18.3 Å². The number of nitrogens with zero attached hydrogens (tertiary/aromatic N) is 5. The molecule has 0 aromatic carbocycles. The normalized spacial score (nSPS) is 16.7. The molecule has 282 valence electrons. The maximum absolute atomic E-state index is 13.0. The zero-order valence-electron chi connectivity index (χ0n) is 31.2. The minimum atomic E-state index is -1.11. The monoisotopic (exact) mass is 707 g/mol. The van der Waals surface area contributed by atoms with Gasteiger partial charge in [0.2, 0.25) is 0 Å². The Kier molecular flexibility index (Phi) is 16.0. The van der Waals surface area contributed by atoms with E-state index in [9.17, 15) is 24.0 Å². The Morgan fingerprint density at radius 1 is 0.620 bits per heavy atom. The van der Waals surface area contributed by atoms with Crippen LogP contribution in [0.4, 0.5) is 5.82 Å². The number of anilines is 1. The number of rotatable bonds is 11. The fourth-order valence-electron chi connectivity index (χ4n) is 4.85. The highest BCUT2D eigenvalue weighted by atomic mass is 16.6. The van der Waals surface area contributed by atoms with Gasteiger partial charge in [0.05, 0.1) is 31.7 Å². The number of ether oxygens (including phenoxy) is 3. The quantitative estimate of drug-likeness (QED) is 0.171. The summed E-state index contributed by atoms with van der Waals surface area (Å²) in [6.45, 7) is 19.6. The Bertz CT molecular complexity index is 1240. The number of aromatic carboxylic acids is 1. The Balaban J connectivity index is 2.26. The highest BCUT2D eigenvalue weighted by Gasteiger charge is 2.26. The van der Waals surface area contributed by atoms with Crippen molar-refractivity contribution in [2.24, 2.45) is 0 Å². The van der Waals surface area contributed by atoms with Gasteiger partial charge in [0.15, 0.2) is 0 Å². The summed E-state index contributed by atoms with van der Waals surface area (Å²) in [5.41, 5.74) is 3.33. The summed E-state index contributed by atoms with van der Waals surface area (Å²) in [5, 5.41) is 9.09. The van der Waals surface area contributed by atoms with Crippen molar-refractivity contribution >= 4 is 35.6 Å². The molecule has 1 aromatic heterocycles. The first-order valence-corrected chi connectivity index (χ1v) is 16.9. The number of hydrogen-bond acceptors (Lipinski definition) is 14. The molecule has 50 heavy (non-hydrogen) atoms. The lowest BCUT2D eigenvalue weighted by atomic mass is 10.2. The molecule has 0 saturated carbocycles. The lowest BCUT2D eigenvalue weighted by Crippen LogP contribution is -2.50. The number of aromatic nitrogens is 1. The summed E-state index contributed by atoms with van der Waals surface area (Å²) in [7, 11) is 0. The van der Waals surface area contributed by atoms with Gasteiger partial charge >= 0.3 is 23.9 Å². The largest absolute Gasteiger partial charge is 0.478 e. The molecule has 1 amide bonds. The highest BCUT2D eigenvalue weighted by Crippen LogP contribution is 2.11. The lowest BCUT2D eigenvalue weighted by molar-refractivity contribution is -0.158. The number of amides is 1. The van der Waals surface area contributed by atoms with Crippen LogP contribution in [0.3, 0.4) is 0 Å². The van der Waals surface area contributed by atoms with Crippen molar-refractivity contribution in [1.29, 1.82) is 0 Å². The predicted molar refractivity (Wildman–Crippen MR) is 186 cm³/mol. The molecule has 0 radical (unpaired) electrons. The molecule has 1 fully saturated rings. The van der Waals surface area contributed by atoms with E-state index in [1.807, 2.05) is 40.4 Å². The Labute approximate surface area is 295 Å². The number of esters is 3. The van der Waals surface area contributed by atoms with Crippen LogP contribution in [0.25, 0.3) is 0 Å². The summed E-state index contributed by atoms with van der Waals surface area (Å²) in [4.78, 5) is 74.5. The number of hydrazine groups is 1. The van der Waals surface area contributed by atoms with Crippen LogP contribution in [0.5, 0.6) is 0 Å². The maximum atomic E-state index is 13.0. The van der Waals surface area contributed by atoms with E-state index < -0.39 is 22.8 Å². The average Bonchev–Trinajstić information content (AvgIpc) is 2.94. The second-order valence-corrected chi connectivity index (χ2v) is 15.3. The Morgan fingerprint density at radius 3 is 1.24 bits per heavy atom. The zero-order chi connectivity index (χ0) is 37.7. The van der Waals surface area contributed by atoms with Crippen molar-refractivity contribution in [2.75, 3.05) is 84.0 Å². The number of carbonyl (C=O) groups excluding carboxylic acids is 4. The van der Waals surface area contributed by atoms with Crippen LogP contribution in [0, 0.1) is 0 Å². The number of carboxylic acids is 1. The maximum Gasteiger partial charge on any atom is 0.337 e. The molecular weight excluding hydrogens is 650 g/mol. The molecule has 0 unspecified atom stereocenters. The van der Waals surface area contributed by atoms with Gasteiger partial charge in [-0.1, -0.05) is 0 Å². The molecule has 2 rings (SSSR count). The van der Waals surface area contributed by atoms with Gasteiger partial charge in [-0.3, -0.25) is 49.6 Å². The van der Waals surface area contributed by atoms with Crippen LogP contribution < -0.4 is 10.9 Å². The second kappa shape index (κ2) is 18.9. The minimum absolute atomic E-state index is 0.0149. The van der Waals surface area contributed by atoms with E-state index in [1.54, 1.807) is 41.5 Å². The van der Waals surface area contributed by atoms with E-state index in [0.717, 1.165) is 0 Å². The fraction of sp³-hybridized carbons (Fsp3) is 0.706. The SMILES string of the molecule is CC(C)(C)OC(=O)CN1CCN(CC(=O)NNc2ccc(C(=O)O)cn2)CCN(CC(=O)OC(C)(C)C)CCN(CC(=O)OC(C)(C)C)CC1. The fourth-order valence-corrected chi connectivity index (χ4v) is 4.85. The molecule has 0 bridgehead atoms. The van der Waals surface area contributed by atoms with Gasteiger partial charge in [0.25, 0.3) is 5.91 Å². The first-order chi connectivity index (χ1) is 23.1. The predicted octanol–water partition coefficient (Wildman–Crippen LogP) is 1.47. The van der Waals surface area contributed by atoms with Crippen molar-refractivity contribution in [3.63, 3.8) is 0 Å². The number of carbonyl (C=O) groups is 5. The summed E-state index contributed by atoms with van der Waals surface area (Å²) in [6, 6.07) is 2.81. The van der Waals surface area contributed by atoms with Crippen LogP contribution in [-0.2, 0) is 33.4 Å². The summed E-state index contributed by atoms with van der Waals surface area (Å²) in [5.74, 6) is -2.37. The van der Waals surface area contributed by atoms with Crippen LogP contribution in [0.2, 0.25) is 0 Å². The molecular formula is C34H57N7O9. The molecule has 0 aliphatic carbocycles. The highest BCUT2D eigenvalue weighted by molar-refractivity contribution is 5.87. The molecule has 2 heterocycles. The van der Waals surface area contributed by atoms with E-state index in [2.05, 4.69) is 15.8 Å². The number of carboxylic acid groups (broad SMARTS) is 1. The van der Waals surface area contributed by atoms with Crippen LogP contribution >= 0.6 is 0 Å². The van der Waals surface area contributed by atoms with Gasteiger partial charge in [-0.15, -0.1) is 0 Å². The molecule has 1 saturated heterocycles.